The second-order valence-corrected chi connectivity index (χ2v) is 4.54. The summed E-state index contributed by atoms with van der Waals surface area (Å²) in [5.74, 6) is 1.66. The first-order valence-electron chi connectivity index (χ1n) is 6.45. The lowest BCUT2D eigenvalue weighted by atomic mass is 10.3. The zero-order valence-electron chi connectivity index (χ0n) is 11.1. The monoisotopic (exact) mass is 248 g/mol. The number of nitrogens with zero attached hydrogens (tertiary/aromatic N) is 2. The van der Waals surface area contributed by atoms with Crippen LogP contribution in [0.4, 0.5) is 0 Å². The van der Waals surface area contributed by atoms with Gasteiger partial charge in [0.05, 0.1) is 0 Å². The lowest BCUT2D eigenvalue weighted by Crippen LogP contribution is -2.48. The third-order valence-electron chi connectivity index (χ3n) is 3.28. The fraction of sp³-hybridized carbons (Fsp3) is 0.500. The molecule has 18 heavy (non-hydrogen) atoms. The lowest BCUT2D eigenvalue weighted by molar-refractivity contribution is -0.127. The third-order valence-corrected chi connectivity index (χ3v) is 3.28. The summed E-state index contributed by atoms with van der Waals surface area (Å²) in [6.45, 7) is 8.66. The summed E-state index contributed by atoms with van der Waals surface area (Å²) in [5, 5.41) is 0. The molecule has 1 aliphatic heterocycles. The minimum absolute atomic E-state index is 0.0693. The molecule has 1 aromatic heterocycles. The van der Waals surface area contributed by atoms with Crippen molar-refractivity contribution >= 4 is 12.0 Å². The van der Waals surface area contributed by atoms with Gasteiger partial charge in [-0.25, -0.2) is 0 Å². The molecular formula is C14H20N2O2. The molecule has 4 nitrogen and oxygen atoms in total. The van der Waals surface area contributed by atoms with Crippen LogP contribution in [0.2, 0.25) is 0 Å². The van der Waals surface area contributed by atoms with Crippen molar-refractivity contribution in [2.45, 2.75) is 13.8 Å². The number of furan rings is 1. The molecule has 0 spiro atoms. The first kappa shape index (κ1) is 12.9. The second kappa shape index (κ2) is 5.87. The van der Waals surface area contributed by atoms with E-state index in [-0.39, 0.29) is 5.91 Å². The maximum atomic E-state index is 12.0. The number of piperazine rings is 1. The standard InChI is InChI=1S/C14H20N2O2/c1-3-15-8-10-16(11-9-15)14(17)7-6-13-5-4-12(2)18-13/h4-7H,3,8-11H2,1-2H3/b7-6-. The van der Waals surface area contributed by atoms with Crippen LogP contribution in [0.15, 0.2) is 22.6 Å². The summed E-state index contributed by atoms with van der Waals surface area (Å²) in [5.41, 5.74) is 0. The van der Waals surface area contributed by atoms with E-state index in [0.29, 0.717) is 0 Å². The number of hydrogen-bond acceptors (Lipinski definition) is 3. The van der Waals surface area contributed by atoms with E-state index in [1.54, 1.807) is 12.2 Å². The normalized spacial score (nSPS) is 17.6. The van der Waals surface area contributed by atoms with Gasteiger partial charge in [-0.1, -0.05) is 6.92 Å². The summed E-state index contributed by atoms with van der Waals surface area (Å²) in [6.07, 6.45) is 3.33. The summed E-state index contributed by atoms with van der Waals surface area (Å²) in [4.78, 5) is 16.2. The first-order chi connectivity index (χ1) is 8.69. The molecule has 0 N–H and O–H groups in total. The topological polar surface area (TPSA) is 36.7 Å². The molecule has 1 fully saturated rings. The quantitative estimate of drug-likeness (QED) is 0.765. The molecule has 0 atom stereocenters. The number of likely N-dealkylation sites (N-methyl/N-ethyl adjacent to an activating group) is 1. The summed E-state index contributed by atoms with van der Waals surface area (Å²) >= 11 is 0. The summed E-state index contributed by atoms with van der Waals surface area (Å²) in [7, 11) is 0. The number of carbonyl (C=O) groups excluding carboxylic acids is 1. The van der Waals surface area contributed by atoms with E-state index < -0.39 is 0 Å². The van der Waals surface area contributed by atoms with Gasteiger partial charge in [0.25, 0.3) is 0 Å². The average molecular weight is 248 g/mol. The van der Waals surface area contributed by atoms with Gasteiger partial charge >= 0.3 is 0 Å². The SMILES string of the molecule is CCN1CCN(C(=O)/C=C\c2ccc(C)o2)CC1. The van der Waals surface area contributed by atoms with Crippen LogP contribution in [0.3, 0.4) is 0 Å². The molecule has 2 heterocycles. The van der Waals surface area contributed by atoms with Crippen molar-refractivity contribution in [2.24, 2.45) is 0 Å². The molecule has 1 aliphatic rings. The van der Waals surface area contributed by atoms with Crippen LogP contribution in [-0.2, 0) is 4.79 Å². The third kappa shape index (κ3) is 3.23. The Hall–Kier alpha value is -1.55. The van der Waals surface area contributed by atoms with E-state index in [2.05, 4.69) is 11.8 Å². The van der Waals surface area contributed by atoms with E-state index in [1.165, 1.54) is 0 Å². The number of rotatable bonds is 3. The van der Waals surface area contributed by atoms with Gasteiger partial charge in [-0.05, 0) is 31.7 Å². The van der Waals surface area contributed by atoms with E-state index in [4.69, 9.17) is 4.42 Å². The number of carbonyl (C=O) groups is 1. The van der Waals surface area contributed by atoms with Gasteiger partial charge in [0.15, 0.2) is 0 Å². The molecule has 0 aliphatic carbocycles. The Balaban J connectivity index is 1.87. The number of aryl methyl sites for hydroxylation is 1. The van der Waals surface area contributed by atoms with Crippen LogP contribution < -0.4 is 0 Å². The van der Waals surface area contributed by atoms with Crippen LogP contribution in [0, 0.1) is 6.92 Å². The molecule has 0 bridgehead atoms. The smallest absolute Gasteiger partial charge is 0.246 e. The number of hydrogen-bond donors (Lipinski definition) is 0. The maximum Gasteiger partial charge on any atom is 0.246 e. The van der Waals surface area contributed by atoms with Crippen molar-refractivity contribution in [3.8, 4) is 0 Å². The molecule has 0 saturated carbocycles. The van der Waals surface area contributed by atoms with E-state index in [1.807, 2.05) is 24.0 Å². The summed E-state index contributed by atoms with van der Waals surface area (Å²) < 4.78 is 5.39. The molecule has 1 amide bonds. The largest absolute Gasteiger partial charge is 0.462 e. The van der Waals surface area contributed by atoms with Crippen molar-refractivity contribution in [3.63, 3.8) is 0 Å². The Labute approximate surface area is 108 Å². The second-order valence-electron chi connectivity index (χ2n) is 4.54. The molecule has 0 radical (unpaired) electrons. The van der Waals surface area contributed by atoms with E-state index in [9.17, 15) is 4.79 Å². The zero-order valence-corrected chi connectivity index (χ0v) is 11.1. The molecular weight excluding hydrogens is 228 g/mol. The Bertz CT molecular complexity index is 429. The van der Waals surface area contributed by atoms with Crippen LogP contribution in [0.25, 0.3) is 6.08 Å². The van der Waals surface area contributed by atoms with Crippen molar-refractivity contribution in [2.75, 3.05) is 32.7 Å². The Morgan fingerprint density at radius 1 is 1.33 bits per heavy atom. The van der Waals surface area contributed by atoms with Gasteiger partial charge in [0, 0.05) is 32.3 Å². The average Bonchev–Trinajstić information content (AvgIpc) is 2.82. The highest BCUT2D eigenvalue weighted by atomic mass is 16.3. The maximum absolute atomic E-state index is 12.0. The first-order valence-corrected chi connectivity index (χ1v) is 6.45. The molecule has 0 unspecified atom stereocenters. The van der Waals surface area contributed by atoms with E-state index in [0.717, 1.165) is 44.2 Å². The van der Waals surface area contributed by atoms with E-state index >= 15 is 0 Å². The molecule has 0 aromatic carbocycles. The molecule has 4 heteroatoms. The Morgan fingerprint density at radius 2 is 2.06 bits per heavy atom. The predicted molar refractivity (Wildman–Crippen MR) is 71.2 cm³/mol. The van der Waals surface area contributed by atoms with Gasteiger partial charge in [-0.3, -0.25) is 4.79 Å². The van der Waals surface area contributed by atoms with Crippen LogP contribution in [0.1, 0.15) is 18.4 Å². The van der Waals surface area contributed by atoms with Crippen molar-refractivity contribution in [1.82, 2.24) is 9.80 Å². The van der Waals surface area contributed by atoms with Crippen LogP contribution in [-0.4, -0.2) is 48.4 Å². The number of amides is 1. The predicted octanol–water partition coefficient (Wildman–Crippen LogP) is 1.77. The Kier molecular flexibility index (Phi) is 4.20. The Morgan fingerprint density at radius 3 is 2.61 bits per heavy atom. The highest BCUT2D eigenvalue weighted by Crippen LogP contribution is 2.09. The zero-order chi connectivity index (χ0) is 13.0. The van der Waals surface area contributed by atoms with Crippen molar-refractivity contribution < 1.29 is 9.21 Å². The van der Waals surface area contributed by atoms with Crippen molar-refractivity contribution in [3.05, 3.63) is 29.7 Å². The minimum atomic E-state index is 0.0693. The fourth-order valence-corrected chi connectivity index (χ4v) is 2.09. The van der Waals surface area contributed by atoms with Crippen molar-refractivity contribution in [1.29, 1.82) is 0 Å². The minimum Gasteiger partial charge on any atom is -0.462 e. The molecule has 1 saturated heterocycles. The van der Waals surface area contributed by atoms with Crippen LogP contribution in [0.5, 0.6) is 0 Å². The van der Waals surface area contributed by atoms with Crippen LogP contribution >= 0.6 is 0 Å². The fourth-order valence-electron chi connectivity index (χ4n) is 2.09. The lowest BCUT2D eigenvalue weighted by Gasteiger charge is -2.33. The van der Waals surface area contributed by atoms with Gasteiger partial charge in [-0.2, -0.15) is 0 Å². The molecule has 98 valence electrons. The van der Waals surface area contributed by atoms with Gasteiger partial charge < -0.3 is 14.2 Å². The molecule has 2 rings (SSSR count). The van der Waals surface area contributed by atoms with Gasteiger partial charge in [0.2, 0.25) is 5.91 Å². The highest BCUT2D eigenvalue weighted by Gasteiger charge is 2.18. The summed E-state index contributed by atoms with van der Waals surface area (Å²) in [6, 6.07) is 3.76. The van der Waals surface area contributed by atoms with Gasteiger partial charge in [-0.15, -0.1) is 0 Å². The highest BCUT2D eigenvalue weighted by molar-refractivity contribution is 5.91. The molecule has 1 aromatic rings. The van der Waals surface area contributed by atoms with Gasteiger partial charge in [0.1, 0.15) is 11.5 Å².